The van der Waals surface area contributed by atoms with Crippen LogP contribution < -0.4 is 15.4 Å². The average molecular weight is 571 g/mol. The molecule has 1 unspecified atom stereocenters. The van der Waals surface area contributed by atoms with Crippen molar-refractivity contribution in [3.8, 4) is 10.6 Å². The fraction of sp³-hybridized carbons (Fsp3) is 0.192. The van der Waals surface area contributed by atoms with Crippen LogP contribution >= 0.6 is 22.7 Å². The zero-order valence-corrected chi connectivity index (χ0v) is 22.8. The molecule has 0 aliphatic rings. The van der Waals surface area contributed by atoms with Gasteiger partial charge in [0, 0.05) is 17.5 Å². The highest BCUT2D eigenvalue weighted by atomic mass is 32.2. The minimum atomic E-state index is -2.17. The first kappa shape index (κ1) is 27.5. The van der Waals surface area contributed by atoms with Crippen molar-refractivity contribution in [2.24, 2.45) is 0 Å². The van der Waals surface area contributed by atoms with Crippen molar-refractivity contribution in [1.29, 1.82) is 0 Å². The van der Waals surface area contributed by atoms with Crippen LogP contribution in [0.1, 0.15) is 22.2 Å². The summed E-state index contributed by atoms with van der Waals surface area (Å²) >= 11 is 0.859. The van der Waals surface area contributed by atoms with E-state index in [-0.39, 0.29) is 12.3 Å². The van der Waals surface area contributed by atoms with E-state index >= 15 is 0 Å². The molecule has 2 heterocycles. The third-order valence-corrected chi connectivity index (χ3v) is 7.85. The Balaban J connectivity index is 1.58. The first-order valence-corrected chi connectivity index (χ1v) is 14.4. The van der Waals surface area contributed by atoms with Crippen molar-refractivity contribution >= 4 is 51.6 Å². The van der Waals surface area contributed by atoms with Crippen LogP contribution in [0.4, 0.5) is 10.5 Å². The van der Waals surface area contributed by atoms with Crippen LogP contribution in [0.5, 0.6) is 0 Å². The lowest BCUT2D eigenvalue weighted by molar-refractivity contribution is -0.123. The minimum absolute atomic E-state index is 0.283. The Morgan fingerprint density at radius 2 is 1.71 bits per heavy atom. The summed E-state index contributed by atoms with van der Waals surface area (Å²) in [5, 5.41) is 10.4. The number of nitrogens with one attached hydrogen (secondary N) is 3. The molecule has 2 amide bonds. The van der Waals surface area contributed by atoms with Crippen molar-refractivity contribution in [2.45, 2.75) is 24.9 Å². The Morgan fingerprint density at radius 1 is 0.974 bits per heavy atom. The van der Waals surface area contributed by atoms with Gasteiger partial charge in [-0.15, -0.1) is 22.7 Å². The van der Waals surface area contributed by atoms with Gasteiger partial charge in [0.15, 0.2) is 0 Å². The number of thiazole rings is 1. The summed E-state index contributed by atoms with van der Waals surface area (Å²) in [6, 6.07) is 19.0. The minimum Gasteiger partial charge on any atom is -0.453 e. The van der Waals surface area contributed by atoms with E-state index in [1.807, 2.05) is 65.4 Å². The third kappa shape index (κ3) is 7.71. The van der Waals surface area contributed by atoms with Crippen LogP contribution in [-0.2, 0) is 33.6 Å². The number of hydrogen-bond acceptors (Lipinski definition) is 7. The molecule has 0 bridgehead atoms. The highest BCUT2D eigenvalue weighted by Gasteiger charge is 2.26. The second kappa shape index (κ2) is 13.3. The molecule has 2 aromatic heterocycles. The highest BCUT2D eigenvalue weighted by Crippen LogP contribution is 2.30. The third-order valence-electron chi connectivity index (χ3n) is 5.59. The summed E-state index contributed by atoms with van der Waals surface area (Å²) in [5.41, 5.74) is 3.10. The summed E-state index contributed by atoms with van der Waals surface area (Å²) < 4.78 is 27.3. The normalized spacial score (nSPS) is 13.2. The average Bonchev–Trinajstić information content (AvgIpc) is 3.62. The number of carbonyl (C=O) groups is 2. The lowest BCUT2D eigenvalue weighted by Crippen LogP contribution is -2.49. The second-order valence-corrected chi connectivity index (χ2v) is 10.8. The molecule has 0 aliphatic heterocycles. The molecule has 9 nitrogen and oxygen atoms in total. The molecule has 198 valence electrons. The summed E-state index contributed by atoms with van der Waals surface area (Å²) in [6.45, 7) is 0. The van der Waals surface area contributed by atoms with Gasteiger partial charge >= 0.3 is 6.09 Å². The fourth-order valence-corrected chi connectivity index (χ4v) is 5.73. The van der Waals surface area contributed by atoms with E-state index in [0.29, 0.717) is 12.1 Å². The molecular formula is C26H26N4O5S3. The maximum absolute atomic E-state index is 13.5. The first-order chi connectivity index (χ1) is 18.4. The molecule has 3 atom stereocenters. The number of alkyl carbamates (subject to hydrolysis) is 1. The van der Waals surface area contributed by atoms with Gasteiger partial charge in [0.1, 0.15) is 11.0 Å². The Morgan fingerprint density at radius 3 is 2.37 bits per heavy atom. The SMILES string of the molecule is COC(=O)N[C@@H](Cc1ccccc1)C(=O)N[C@@H](Cc1ccc(NS(=O)O)cc1)c1nc(-c2cccs2)cs1. The van der Waals surface area contributed by atoms with Gasteiger partial charge in [-0.05, 0) is 41.1 Å². The maximum atomic E-state index is 13.5. The van der Waals surface area contributed by atoms with Gasteiger partial charge in [-0.25, -0.2) is 14.0 Å². The number of thiophene rings is 1. The van der Waals surface area contributed by atoms with E-state index in [4.69, 9.17) is 14.3 Å². The number of anilines is 1. The summed E-state index contributed by atoms with van der Waals surface area (Å²) in [5.74, 6) is -0.369. The lowest BCUT2D eigenvalue weighted by Gasteiger charge is -2.22. The quantitative estimate of drug-likeness (QED) is 0.192. The molecule has 0 saturated heterocycles. The molecular weight excluding hydrogens is 545 g/mol. The van der Waals surface area contributed by atoms with Crippen LogP contribution in [-0.4, -0.2) is 38.9 Å². The van der Waals surface area contributed by atoms with E-state index in [0.717, 1.165) is 26.7 Å². The summed E-state index contributed by atoms with van der Waals surface area (Å²) in [6.07, 6.45) is 0.00383. The topological polar surface area (TPSA) is 130 Å². The van der Waals surface area contributed by atoms with Gasteiger partial charge in [0.2, 0.25) is 5.91 Å². The van der Waals surface area contributed by atoms with Gasteiger partial charge < -0.3 is 15.4 Å². The summed E-state index contributed by atoms with van der Waals surface area (Å²) in [4.78, 5) is 31.4. The number of ether oxygens (including phenoxy) is 1. The van der Waals surface area contributed by atoms with Gasteiger partial charge in [0.25, 0.3) is 11.3 Å². The second-order valence-electron chi connectivity index (χ2n) is 8.24. The number of methoxy groups -OCH3 is 1. The smallest absolute Gasteiger partial charge is 0.407 e. The van der Waals surface area contributed by atoms with E-state index in [9.17, 15) is 13.8 Å². The molecule has 38 heavy (non-hydrogen) atoms. The van der Waals surface area contributed by atoms with Crippen LogP contribution in [0.2, 0.25) is 0 Å². The van der Waals surface area contributed by atoms with E-state index in [1.165, 1.54) is 18.4 Å². The predicted octanol–water partition coefficient (Wildman–Crippen LogP) is 4.79. The molecule has 2 aromatic carbocycles. The Labute approximate surface area is 230 Å². The molecule has 12 heteroatoms. The molecule has 4 N–H and O–H groups in total. The number of carbonyl (C=O) groups excluding carboxylic acids is 2. The largest absolute Gasteiger partial charge is 0.453 e. The molecule has 0 fully saturated rings. The van der Waals surface area contributed by atoms with Crippen LogP contribution in [0.15, 0.2) is 77.5 Å². The fourth-order valence-electron chi connectivity index (χ4n) is 3.76. The van der Waals surface area contributed by atoms with Crippen LogP contribution in [0, 0.1) is 0 Å². The standard InChI is InChI=1S/C26H26N4O5S3/c1-35-26(32)29-20(14-17-6-3-2-4-7-17)24(31)27-21(15-18-9-11-19(12-10-18)30-38(33)34)25-28-22(16-37-25)23-8-5-13-36-23/h2-13,16,20-21,30H,14-15H2,1H3,(H,27,31)(H,29,32)(H,33,34)/t20-,21-/m0/s1. The highest BCUT2D eigenvalue weighted by molar-refractivity contribution is 7.80. The molecule has 0 spiro atoms. The molecule has 0 aliphatic carbocycles. The van der Waals surface area contributed by atoms with E-state index < -0.39 is 29.4 Å². The number of rotatable bonds is 11. The lowest BCUT2D eigenvalue weighted by atomic mass is 10.0. The first-order valence-electron chi connectivity index (χ1n) is 11.6. The molecule has 4 rings (SSSR count). The van der Waals surface area contributed by atoms with Crippen LogP contribution in [0.3, 0.4) is 0 Å². The van der Waals surface area contributed by atoms with Gasteiger partial charge in [0.05, 0.1) is 23.7 Å². The maximum Gasteiger partial charge on any atom is 0.407 e. The predicted molar refractivity (Wildman–Crippen MR) is 150 cm³/mol. The number of aromatic nitrogens is 1. The Kier molecular flexibility index (Phi) is 9.60. The van der Waals surface area contributed by atoms with E-state index in [2.05, 4.69) is 15.4 Å². The van der Waals surface area contributed by atoms with Crippen molar-refractivity contribution in [3.05, 3.63) is 93.6 Å². The van der Waals surface area contributed by atoms with Crippen molar-refractivity contribution in [2.75, 3.05) is 11.8 Å². The van der Waals surface area contributed by atoms with E-state index in [1.54, 1.807) is 23.5 Å². The zero-order valence-electron chi connectivity index (χ0n) is 20.3. The molecule has 0 radical (unpaired) electrons. The number of amides is 2. The van der Waals surface area contributed by atoms with Crippen molar-refractivity contribution in [3.63, 3.8) is 0 Å². The number of nitrogens with zero attached hydrogens (tertiary/aromatic N) is 1. The Bertz CT molecular complexity index is 1360. The zero-order chi connectivity index (χ0) is 26.9. The van der Waals surface area contributed by atoms with Crippen LogP contribution in [0.25, 0.3) is 10.6 Å². The van der Waals surface area contributed by atoms with Crippen molar-refractivity contribution in [1.82, 2.24) is 15.6 Å². The van der Waals surface area contributed by atoms with Gasteiger partial charge in [-0.3, -0.25) is 14.1 Å². The Hall–Kier alpha value is -3.58. The monoisotopic (exact) mass is 570 g/mol. The van der Waals surface area contributed by atoms with Gasteiger partial charge in [-0.2, -0.15) is 0 Å². The van der Waals surface area contributed by atoms with Gasteiger partial charge in [-0.1, -0.05) is 48.5 Å². The number of benzene rings is 2. The molecule has 4 aromatic rings. The molecule has 0 saturated carbocycles. The van der Waals surface area contributed by atoms with Crippen molar-refractivity contribution < 1.29 is 23.1 Å². The summed E-state index contributed by atoms with van der Waals surface area (Å²) in [7, 11) is 1.25. The number of hydrogen-bond donors (Lipinski definition) is 4.